The maximum atomic E-state index is 12.5. The van der Waals surface area contributed by atoms with E-state index in [0.717, 1.165) is 43.8 Å². The molecule has 0 radical (unpaired) electrons. The van der Waals surface area contributed by atoms with E-state index < -0.39 is 0 Å². The molecule has 1 amide bonds. The molecule has 0 spiro atoms. The third-order valence-corrected chi connectivity index (χ3v) is 4.35. The van der Waals surface area contributed by atoms with E-state index in [1.165, 1.54) is 5.56 Å². The molecule has 1 aromatic rings. The van der Waals surface area contributed by atoms with Crippen molar-refractivity contribution in [3.8, 4) is 0 Å². The van der Waals surface area contributed by atoms with Crippen molar-refractivity contribution in [2.75, 3.05) is 13.1 Å². The average Bonchev–Trinajstić information content (AvgIpc) is 2.46. The van der Waals surface area contributed by atoms with Gasteiger partial charge in [-0.05, 0) is 43.2 Å². The number of nitrogens with zero attached hydrogens (tertiary/aromatic N) is 1. The average molecular weight is 259 g/mol. The first-order chi connectivity index (χ1) is 9.11. The molecule has 0 saturated carbocycles. The van der Waals surface area contributed by atoms with Crippen LogP contribution in [0.5, 0.6) is 0 Å². The van der Waals surface area contributed by atoms with E-state index in [1.54, 1.807) is 0 Å². The molecule has 2 nitrogen and oxygen atoms in total. The first-order valence-corrected chi connectivity index (χ1v) is 7.49. The van der Waals surface area contributed by atoms with Gasteiger partial charge in [-0.3, -0.25) is 4.79 Å². The van der Waals surface area contributed by atoms with Crippen LogP contribution in [0, 0.1) is 5.92 Å². The maximum absolute atomic E-state index is 12.5. The summed E-state index contributed by atoms with van der Waals surface area (Å²) in [5.41, 5.74) is 2.47. The molecule has 1 heterocycles. The Labute approximate surface area is 116 Å². The summed E-state index contributed by atoms with van der Waals surface area (Å²) in [7, 11) is 0. The summed E-state index contributed by atoms with van der Waals surface area (Å²) in [6.07, 6.45) is 3.34. The van der Waals surface area contributed by atoms with Gasteiger partial charge in [-0.25, -0.2) is 0 Å². The molecule has 1 fully saturated rings. The van der Waals surface area contributed by atoms with Crippen molar-refractivity contribution >= 4 is 5.91 Å². The Morgan fingerprint density at radius 3 is 2.37 bits per heavy atom. The quantitative estimate of drug-likeness (QED) is 0.812. The summed E-state index contributed by atoms with van der Waals surface area (Å²) in [6, 6.07) is 8.48. The van der Waals surface area contributed by atoms with Crippen molar-refractivity contribution in [3.63, 3.8) is 0 Å². The number of carbonyl (C=O) groups is 1. The van der Waals surface area contributed by atoms with E-state index in [2.05, 4.69) is 38.1 Å². The molecule has 104 valence electrons. The van der Waals surface area contributed by atoms with E-state index >= 15 is 0 Å². The molecule has 1 aliphatic rings. The fourth-order valence-corrected chi connectivity index (χ4v) is 2.69. The molecule has 2 heteroatoms. The van der Waals surface area contributed by atoms with Crippen molar-refractivity contribution in [2.45, 2.75) is 46.0 Å². The van der Waals surface area contributed by atoms with Gasteiger partial charge in [0.25, 0.3) is 0 Å². The molecule has 1 unspecified atom stereocenters. The molecule has 19 heavy (non-hydrogen) atoms. The Balaban J connectivity index is 2.01. The zero-order chi connectivity index (χ0) is 13.8. The number of amides is 1. The first-order valence-electron chi connectivity index (χ1n) is 7.49. The largest absolute Gasteiger partial charge is 0.342 e. The number of piperidine rings is 1. The maximum Gasteiger partial charge on any atom is 0.229 e. The third-order valence-electron chi connectivity index (χ3n) is 4.35. The number of benzene rings is 1. The van der Waals surface area contributed by atoms with Crippen molar-refractivity contribution < 1.29 is 4.79 Å². The van der Waals surface area contributed by atoms with Gasteiger partial charge in [0.15, 0.2) is 0 Å². The van der Waals surface area contributed by atoms with Crippen LogP contribution in [-0.4, -0.2) is 23.9 Å². The van der Waals surface area contributed by atoms with Crippen LogP contribution in [0.1, 0.15) is 50.7 Å². The Morgan fingerprint density at radius 1 is 1.26 bits per heavy atom. The number of aryl methyl sites for hydroxylation is 1. The van der Waals surface area contributed by atoms with Gasteiger partial charge in [-0.1, -0.05) is 38.1 Å². The van der Waals surface area contributed by atoms with Crippen molar-refractivity contribution in [2.24, 2.45) is 5.92 Å². The zero-order valence-corrected chi connectivity index (χ0v) is 12.4. The molecule has 0 N–H and O–H groups in total. The fraction of sp³-hybridized carbons (Fsp3) is 0.588. The second-order valence-corrected chi connectivity index (χ2v) is 5.82. The lowest BCUT2D eigenvalue weighted by Crippen LogP contribution is -2.40. The Kier molecular flexibility index (Phi) is 4.62. The van der Waals surface area contributed by atoms with Crippen LogP contribution >= 0.6 is 0 Å². The molecule has 1 atom stereocenters. The topological polar surface area (TPSA) is 20.3 Å². The lowest BCUT2D eigenvalue weighted by molar-refractivity contribution is -0.133. The Bertz CT molecular complexity index is 415. The summed E-state index contributed by atoms with van der Waals surface area (Å²) >= 11 is 0. The first kappa shape index (κ1) is 14.1. The zero-order valence-electron chi connectivity index (χ0n) is 12.4. The highest BCUT2D eigenvalue weighted by Crippen LogP contribution is 2.23. The molecule has 0 bridgehead atoms. The van der Waals surface area contributed by atoms with E-state index in [1.807, 2.05) is 11.8 Å². The van der Waals surface area contributed by atoms with Crippen LogP contribution in [0.4, 0.5) is 0 Å². The van der Waals surface area contributed by atoms with Gasteiger partial charge >= 0.3 is 0 Å². The summed E-state index contributed by atoms with van der Waals surface area (Å²) in [5, 5.41) is 0. The smallest absolute Gasteiger partial charge is 0.229 e. The molecule has 1 saturated heterocycles. The normalized spacial score (nSPS) is 18.4. The molecule has 1 aliphatic heterocycles. The molecule has 0 aromatic heterocycles. The number of hydrogen-bond donors (Lipinski definition) is 0. The standard InChI is InChI=1S/C17H25NO/c1-4-15-5-7-16(8-6-15)14(3)17(19)18-11-9-13(2)10-12-18/h5-8,13-14H,4,9-12H2,1-3H3. The van der Waals surface area contributed by atoms with Crippen molar-refractivity contribution in [3.05, 3.63) is 35.4 Å². The monoisotopic (exact) mass is 259 g/mol. The molecular weight excluding hydrogens is 234 g/mol. The summed E-state index contributed by atoms with van der Waals surface area (Å²) in [5.74, 6) is 1.04. The van der Waals surface area contributed by atoms with Gasteiger partial charge in [-0.15, -0.1) is 0 Å². The van der Waals surface area contributed by atoms with Gasteiger partial charge in [0, 0.05) is 13.1 Å². The SMILES string of the molecule is CCc1ccc(C(C)C(=O)N2CCC(C)CC2)cc1. The lowest BCUT2D eigenvalue weighted by Gasteiger charge is -2.32. The minimum absolute atomic E-state index is 0.0145. The molecule has 0 aliphatic carbocycles. The van der Waals surface area contributed by atoms with Crippen molar-refractivity contribution in [1.29, 1.82) is 0 Å². The van der Waals surface area contributed by atoms with Crippen LogP contribution in [0.2, 0.25) is 0 Å². The molecular formula is C17H25NO. The van der Waals surface area contributed by atoms with Gasteiger partial charge < -0.3 is 4.90 Å². The number of carbonyl (C=O) groups excluding carboxylic acids is 1. The van der Waals surface area contributed by atoms with Crippen molar-refractivity contribution in [1.82, 2.24) is 4.90 Å². The highest BCUT2D eigenvalue weighted by Gasteiger charge is 2.25. The van der Waals surface area contributed by atoms with Crippen LogP contribution in [0.25, 0.3) is 0 Å². The van der Waals surface area contributed by atoms with E-state index in [0.29, 0.717) is 0 Å². The van der Waals surface area contributed by atoms with Gasteiger partial charge in [0.2, 0.25) is 5.91 Å². The lowest BCUT2D eigenvalue weighted by atomic mass is 9.94. The predicted octanol–water partition coefficient (Wildman–Crippen LogP) is 3.61. The summed E-state index contributed by atoms with van der Waals surface area (Å²) in [4.78, 5) is 14.5. The van der Waals surface area contributed by atoms with Crippen LogP contribution in [0.15, 0.2) is 24.3 Å². The molecule has 2 rings (SSSR count). The second-order valence-electron chi connectivity index (χ2n) is 5.82. The second kappa shape index (κ2) is 6.23. The Morgan fingerprint density at radius 2 is 1.84 bits per heavy atom. The minimum atomic E-state index is -0.0145. The molecule has 1 aromatic carbocycles. The fourth-order valence-electron chi connectivity index (χ4n) is 2.69. The number of rotatable bonds is 3. The number of likely N-dealkylation sites (tertiary alicyclic amines) is 1. The van der Waals surface area contributed by atoms with Gasteiger partial charge in [-0.2, -0.15) is 0 Å². The highest BCUT2D eigenvalue weighted by molar-refractivity contribution is 5.83. The van der Waals surface area contributed by atoms with E-state index in [-0.39, 0.29) is 11.8 Å². The van der Waals surface area contributed by atoms with E-state index in [4.69, 9.17) is 0 Å². The number of hydrogen-bond acceptors (Lipinski definition) is 1. The third kappa shape index (κ3) is 3.37. The van der Waals surface area contributed by atoms with Crippen LogP contribution in [-0.2, 0) is 11.2 Å². The van der Waals surface area contributed by atoms with Gasteiger partial charge in [0.05, 0.1) is 5.92 Å². The summed E-state index contributed by atoms with van der Waals surface area (Å²) in [6.45, 7) is 8.31. The van der Waals surface area contributed by atoms with Crippen LogP contribution < -0.4 is 0 Å². The summed E-state index contributed by atoms with van der Waals surface area (Å²) < 4.78 is 0. The van der Waals surface area contributed by atoms with Crippen LogP contribution in [0.3, 0.4) is 0 Å². The Hall–Kier alpha value is -1.31. The van der Waals surface area contributed by atoms with E-state index in [9.17, 15) is 4.79 Å². The predicted molar refractivity (Wildman–Crippen MR) is 79.2 cm³/mol. The van der Waals surface area contributed by atoms with Gasteiger partial charge in [0.1, 0.15) is 0 Å². The highest BCUT2D eigenvalue weighted by atomic mass is 16.2. The minimum Gasteiger partial charge on any atom is -0.342 e.